The number of aliphatic imine (C=N–C) groups is 3. The maximum Gasteiger partial charge on any atom is 0.230 e. The molecular weight excluding hydrogens is 430 g/mol. The summed E-state index contributed by atoms with van der Waals surface area (Å²) >= 11 is 1.49. The van der Waals surface area contributed by atoms with E-state index in [-0.39, 0.29) is 23.5 Å². The number of thioether (sulfide) groups is 1. The lowest BCUT2D eigenvalue weighted by Crippen LogP contribution is -2.41. The summed E-state index contributed by atoms with van der Waals surface area (Å²) in [5.74, 6) is 0.474. The van der Waals surface area contributed by atoms with Gasteiger partial charge in [-0.1, -0.05) is 67.2 Å². The van der Waals surface area contributed by atoms with E-state index in [4.69, 9.17) is 9.98 Å². The lowest BCUT2D eigenvalue weighted by atomic mass is 9.90. The molecule has 1 amide bonds. The summed E-state index contributed by atoms with van der Waals surface area (Å²) < 4.78 is 0. The van der Waals surface area contributed by atoms with E-state index in [0.717, 1.165) is 47.9 Å². The molecule has 7 heteroatoms. The molecule has 1 saturated heterocycles. The van der Waals surface area contributed by atoms with Gasteiger partial charge in [0.2, 0.25) is 5.91 Å². The summed E-state index contributed by atoms with van der Waals surface area (Å²) in [6, 6.07) is 18.2. The second-order valence-electron chi connectivity index (χ2n) is 9.04. The third kappa shape index (κ3) is 4.66. The number of nitrogens with zero attached hydrogens (tertiary/aromatic N) is 4. The van der Waals surface area contributed by atoms with Gasteiger partial charge in [0.1, 0.15) is 5.04 Å². The number of nitrogens with one attached hydrogen (secondary N) is 1. The van der Waals surface area contributed by atoms with Gasteiger partial charge in [0.05, 0.1) is 23.2 Å². The highest BCUT2D eigenvalue weighted by Gasteiger charge is 2.39. The molecule has 2 unspecified atom stereocenters. The molecule has 2 aromatic rings. The Bertz CT molecular complexity index is 1120. The Morgan fingerprint density at radius 1 is 1.09 bits per heavy atom. The van der Waals surface area contributed by atoms with Crippen LogP contribution in [0.4, 0.5) is 5.69 Å². The summed E-state index contributed by atoms with van der Waals surface area (Å²) in [5.41, 5.74) is 3.74. The van der Waals surface area contributed by atoms with Gasteiger partial charge in [0.25, 0.3) is 0 Å². The van der Waals surface area contributed by atoms with Gasteiger partial charge in [-0.15, -0.1) is 0 Å². The molecule has 3 heterocycles. The first kappa shape index (κ1) is 22.0. The Morgan fingerprint density at radius 2 is 1.82 bits per heavy atom. The van der Waals surface area contributed by atoms with Crippen molar-refractivity contribution < 1.29 is 4.79 Å². The molecule has 2 aromatic carbocycles. The molecule has 3 aliphatic heterocycles. The van der Waals surface area contributed by atoms with Crippen LogP contribution in [0.5, 0.6) is 0 Å². The smallest absolute Gasteiger partial charge is 0.230 e. The van der Waals surface area contributed by atoms with Gasteiger partial charge in [-0.2, -0.15) is 0 Å². The van der Waals surface area contributed by atoms with E-state index >= 15 is 0 Å². The normalized spacial score (nSPS) is 23.7. The average molecular weight is 460 g/mol. The summed E-state index contributed by atoms with van der Waals surface area (Å²) in [7, 11) is 2.14. The molecule has 170 valence electrons. The Labute approximate surface area is 199 Å². The second-order valence-corrected chi connectivity index (χ2v) is 10.0. The number of rotatable bonds is 4. The number of benzene rings is 2. The van der Waals surface area contributed by atoms with E-state index < -0.39 is 0 Å². The molecule has 0 bridgehead atoms. The monoisotopic (exact) mass is 459 g/mol. The molecule has 1 N–H and O–H groups in total. The van der Waals surface area contributed by atoms with Gasteiger partial charge in [-0.25, -0.2) is 4.99 Å². The van der Waals surface area contributed by atoms with Crippen molar-refractivity contribution in [3.8, 4) is 0 Å². The zero-order chi connectivity index (χ0) is 22.8. The number of fused-ring (bicyclic) bond motifs is 1. The predicted octanol–water partition coefficient (Wildman–Crippen LogP) is 4.05. The molecule has 1 spiro atoms. The quantitative estimate of drug-likeness (QED) is 0.750. The third-order valence-electron chi connectivity index (χ3n) is 6.68. The maximum absolute atomic E-state index is 12.9. The maximum atomic E-state index is 12.9. The van der Waals surface area contributed by atoms with E-state index in [1.54, 1.807) is 0 Å². The summed E-state index contributed by atoms with van der Waals surface area (Å²) in [5, 5.41) is 4.03. The minimum atomic E-state index is -0.384. The number of carbonyl (C=O) groups excluding carboxylic acids is 1. The van der Waals surface area contributed by atoms with Crippen molar-refractivity contribution in [2.45, 2.75) is 37.4 Å². The molecule has 6 nitrogen and oxygen atoms in total. The SMILES string of the molecule is CC1c2ccccc2N=CC1NC(=O)CSC1=NC2(CCN(C)CC2)N=C1c1ccccc1. The van der Waals surface area contributed by atoms with Crippen LogP contribution in [0.15, 0.2) is 69.6 Å². The van der Waals surface area contributed by atoms with Gasteiger partial charge in [-0.3, -0.25) is 14.8 Å². The van der Waals surface area contributed by atoms with E-state index in [1.165, 1.54) is 17.3 Å². The molecule has 0 radical (unpaired) electrons. The summed E-state index contributed by atoms with van der Waals surface area (Å²) in [4.78, 5) is 29.9. The number of piperidine rings is 1. The van der Waals surface area contributed by atoms with E-state index in [1.807, 2.05) is 42.6 Å². The van der Waals surface area contributed by atoms with Crippen molar-refractivity contribution in [1.82, 2.24) is 10.2 Å². The van der Waals surface area contributed by atoms with Crippen LogP contribution in [0.3, 0.4) is 0 Å². The van der Waals surface area contributed by atoms with E-state index in [0.29, 0.717) is 5.75 Å². The van der Waals surface area contributed by atoms with Crippen LogP contribution in [0.1, 0.15) is 36.8 Å². The van der Waals surface area contributed by atoms with Gasteiger partial charge in [0.15, 0.2) is 5.66 Å². The zero-order valence-corrected chi connectivity index (χ0v) is 19.9. The fourth-order valence-corrected chi connectivity index (χ4v) is 5.49. The first-order valence-electron chi connectivity index (χ1n) is 11.5. The molecule has 0 saturated carbocycles. The van der Waals surface area contributed by atoms with Crippen LogP contribution < -0.4 is 5.32 Å². The lowest BCUT2D eigenvalue weighted by Gasteiger charge is -2.33. The Hall–Kier alpha value is -2.77. The molecule has 0 aliphatic carbocycles. The molecule has 2 atom stereocenters. The van der Waals surface area contributed by atoms with Crippen molar-refractivity contribution in [2.75, 3.05) is 25.9 Å². The number of hydrogen-bond donors (Lipinski definition) is 1. The summed E-state index contributed by atoms with van der Waals surface area (Å²) in [6.45, 7) is 4.09. The van der Waals surface area contributed by atoms with Crippen LogP contribution in [0.2, 0.25) is 0 Å². The van der Waals surface area contributed by atoms with Crippen molar-refractivity contribution in [2.24, 2.45) is 15.0 Å². The van der Waals surface area contributed by atoms with Crippen LogP contribution in [-0.2, 0) is 4.79 Å². The van der Waals surface area contributed by atoms with Crippen molar-refractivity contribution in [3.63, 3.8) is 0 Å². The van der Waals surface area contributed by atoms with Crippen LogP contribution in [0.25, 0.3) is 0 Å². The highest BCUT2D eigenvalue weighted by Crippen LogP contribution is 2.35. The van der Waals surface area contributed by atoms with E-state index in [9.17, 15) is 4.79 Å². The first-order chi connectivity index (χ1) is 16.0. The largest absolute Gasteiger partial charge is 0.347 e. The molecular formula is C26H29N5OS. The van der Waals surface area contributed by atoms with Gasteiger partial charge >= 0.3 is 0 Å². The molecule has 3 aliphatic rings. The average Bonchev–Trinajstić information content (AvgIpc) is 3.21. The van der Waals surface area contributed by atoms with Crippen LogP contribution in [-0.4, -0.2) is 65.4 Å². The fourth-order valence-electron chi connectivity index (χ4n) is 4.60. The predicted molar refractivity (Wildman–Crippen MR) is 137 cm³/mol. The number of likely N-dealkylation sites (tertiary alicyclic amines) is 1. The van der Waals surface area contributed by atoms with Crippen LogP contribution >= 0.6 is 11.8 Å². The highest BCUT2D eigenvalue weighted by atomic mass is 32.2. The fraction of sp³-hybridized carbons (Fsp3) is 0.385. The third-order valence-corrected chi connectivity index (χ3v) is 7.64. The van der Waals surface area contributed by atoms with Crippen molar-refractivity contribution in [3.05, 3.63) is 65.7 Å². The molecule has 5 rings (SSSR count). The van der Waals surface area contributed by atoms with Crippen molar-refractivity contribution in [1.29, 1.82) is 0 Å². The number of para-hydroxylation sites is 1. The number of amides is 1. The minimum absolute atomic E-state index is 0.0119. The second kappa shape index (κ2) is 9.23. The first-order valence-corrected chi connectivity index (χ1v) is 12.5. The van der Waals surface area contributed by atoms with Crippen molar-refractivity contribution >= 4 is 40.3 Å². The number of hydrogen-bond acceptors (Lipinski definition) is 6. The highest BCUT2D eigenvalue weighted by molar-refractivity contribution is 8.16. The zero-order valence-electron chi connectivity index (χ0n) is 19.1. The molecule has 33 heavy (non-hydrogen) atoms. The van der Waals surface area contributed by atoms with Gasteiger partial charge in [-0.05, 0) is 18.7 Å². The molecule has 1 fully saturated rings. The Morgan fingerprint density at radius 3 is 2.61 bits per heavy atom. The lowest BCUT2D eigenvalue weighted by molar-refractivity contribution is -0.118. The minimum Gasteiger partial charge on any atom is -0.347 e. The van der Waals surface area contributed by atoms with E-state index in [2.05, 4.69) is 47.4 Å². The van der Waals surface area contributed by atoms with Gasteiger partial charge in [0, 0.05) is 43.6 Å². The molecule has 0 aromatic heterocycles. The Kier molecular flexibility index (Phi) is 6.17. The van der Waals surface area contributed by atoms with Gasteiger partial charge < -0.3 is 10.2 Å². The Balaban J connectivity index is 1.28. The standard InChI is InChI=1S/C26H29N5OS/c1-18-20-10-6-7-11-21(20)27-16-22(18)28-23(32)17-33-25-24(19-8-4-3-5-9-19)29-26(30-25)12-14-31(2)15-13-26/h3-11,16,18,22H,12-15,17H2,1-2H3,(H,28,32). The number of carbonyl (C=O) groups is 1. The van der Waals surface area contributed by atoms with Crippen LogP contribution in [0, 0.1) is 0 Å². The summed E-state index contributed by atoms with van der Waals surface area (Å²) in [6.07, 6.45) is 3.67. The topological polar surface area (TPSA) is 69.4 Å².